The number of carbonyl (C=O) groups excluding carboxylic acids is 1. The summed E-state index contributed by atoms with van der Waals surface area (Å²) in [5, 5.41) is 1.10. The molecule has 0 aliphatic heterocycles. The van der Waals surface area contributed by atoms with Crippen LogP contribution in [0.2, 0.25) is 0 Å². The van der Waals surface area contributed by atoms with E-state index in [1.54, 1.807) is 24.3 Å². The van der Waals surface area contributed by atoms with Crippen LogP contribution in [-0.4, -0.2) is 29.5 Å². The maximum absolute atomic E-state index is 13.5. The second-order valence-corrected chi connectivity index (χ2v) is 9.87. The number of H-pyrrole nitrogens is 1. The number of aromatic amines is 1. The smallest absolute Gasteiger partial charge is 0.264 e. The molecular formula is C26H25NO5S. The van der Waals surface area contributed by atoms with Gasteiger partial charge in [0.15, 0.2) is 11.2 Å². The fourth-order valence-electron chi connectivity index (χ4n) is 4.18. The monoisotopic (exact) mass is 463 g/mol. The van der Waals surface area contributed by atoms with Crippen molar-refractivity contribution in [1.82, 2.24) is 4.98 Å². The quantitative estimate of drug-likeness (QED) is 0.169. The topological polar surface area (TPSA) is 104 Å². The number of rotatable bonds is 8. The predicted octanol–water partition coefficient (Wildman–Crippen LogP) is 4.82. The van der Waals surface area contributed by atoms with Gasteiger partial charge in [-0.15, -0.1) is 0 Å². The Morgan fingerprint density at radius 2 is 1.61 bits per heavy atom. The average molecular weight is 464 g/mol. The SMILES string of the molecule is Cc1ccccc1C(=O)c1cc2[nH]c3ccccc3c(=O)c2cc1CCCCCS(=O)(=O)O. The zero-order valence-corrected chi connectivity index (χ0v) is 19.1. The number of aryl methyl sites for hydroxylation is 2. The number of aromatic nitrogens is 1. The highest BCUT2D eigenvalue weighted by Gasteiger charge is 2.18. The number of hydrogen-bond donors (Lipinski definition) is 2. The molecule has 0 bridgehead atoms. The van der Waals surface area contributed by atoms with E-state index in [1.807, 2.05) is 43.3 Å². The van der Waals surface area contributed by atoms with Crippen molar-refractivity contribution < 1.29 is 17.8 Å². The molecule has 1 heterocycles. The van der Waals surface area contributed by atoms with Crippen molar-refractivity contribution in [1.29, 1.82) is 0 Å². The molecular weight excluding hydrogens is 438 g/mol. The standard InChI is InChI=1S/C26H25NO5S/c1-17-9-4-5-11-19(17)25(28)21-16-24-22(26(29)20-12-6-7-13-23(20)27-24)15-18(21)10-3-2-8-14-33(30,31)32/h4-7,9,11-13,15-16H,2-3,8,10,14H2,1H3,(H,27,29)(H,30,31,32). The van der Waals surface area contributed by atoms with Crippen LogP contribution in [0.3, 0.4) is 0 Å². The van der Waals surface area contributed by atoms with Crippen molar-refractivity contribution in [3.05, 3.63) is 93.1 Å². The van der Waals surface area contributed by atoms with Crippen LogP contribution in [0.5, 0.6) is 0 Å². The maximum Gasteiger partial charge on any atom is 0.264 e. The number of hydrogen-bond acceptors (Lipinski definition) is 4. The number of fused-ring (bicyclic) bond motifs is 2. The van der Waals surface area contributed by atoms with Crippen molar-refractivity contribution in [3.63, 3.8) is 0 Å². The molecule has 2 N–H and O–H groups in total. The molecule has 0 unspecified atom stereocenters. The van der Waals surface area contributed by atoms with Gasteiger partial charge in [-0.25, -0.2) is 0 Å². The fourth-order valence-corrected chi connectivity index (χ4v) is 4.75. The highest BCUT2D eigenvalue weighted by molar-refractivity contribution is 7.85. The summed E-state index contributed by atoms with van der Waals surface area (Å²) < 4.78 is 30.8. The summed E-state index contributed by atoms with van der Waals surface area (Å²) >= 11 is 0. The Labute approximate surface area is 192 Å². The lowest BCUT2D eigenvalue weighted by molar-refractivity contribution is 0.103. The van der Waals surface area contributed by atoms with Crippen molar-refractivity contribution in [2.75, 3.05) is 5.75 Å². The predicted molar refractivity (Wildman–Crippen MR) is 131 cm³/mol. The minimum absolute atomic E-state index is 0.0955. The highest BCUT2D eigenvalue weighted by atomic mass is 32.2. The summed E-state index contributed by atoms with van der Waals surface area (Å²) in [6.45, 7) is 1.89. The molecule has 0 spiro atoms. The lowest BCUT2D eigenvalue weighted by Crippen LogP contribution is -2.11. The first-order chi connectivity index (χ1) is 15.7. The molecule has 1 aromatic heterocycles. The van der Waals surface area contributed by atoms with Crippen molar-refractivity contribution in [2.24, 2.45) is 0 Å². The Bertz CT molecular complexity index is 1520. The molecule has 0 aliphatic carbocycles. The number of benzene rings is 3. The second-order valence-electron chi connectivity index (χ2n) is 8.30. The van der Waals surface area contributed by atoms with Crippen LogP contribution in [0.25, 0.3) is 21.8 Å². The van der Waals surface area contributed by atoms with E-state index in [0.717, 1.165) is 11.1 Å². The molecule has 4 aromatic rings. The van der Waals surface area contributed by atoms with Crippen molar-refractivity contribution in [3.8, 4) is 0 Å². The summed E-state index contributed by atoms with van der Waals surface area (Å²) in [6, 6.07) is 18.2. The molecule has 0 fully saturated rings. The van der Waals surface area contributed by atoms with Crippen molar-refractivity contribution >= 4 is 37.7 Å². The van der Waals surface area contributed by atoms with Crippen LogP contribution in [0.4, 0.5) is 0 Å². The third-order valence-corrected chi connectivity index (χ3v) is 6.72. The van der Waals surface area contributed by atoms with Gasteiger partial charge >= 0.3 is 0 Å². The van der Waals surface area contributed by atoms with Crippen LogP contribution in [0.15, 0.2) is 65.5 Å². The molecule has 4 rings (SSSR count). The molecule has 0 atom stereocenters. The second kappa shape index (κ2) is 9.29. The molecule has 0 saturated heterocycles. The number of unbranched alkanes of at least 4 members (excludes halogenated alkanes) is 2. The van der Waals surface area contributed by atoms with Crippen LogP contribution in [0.1, 0.15) is 46.3 Å². The van der Waals surface area contributed by atoms with Gasteiger partial charge in [0.2, 0.25) is 0 Å². The first-order valence-corrected chi connectivity index (χ1v) is 12.5. The van der Waals surface area contributed by atoms with E-state index in [1.165, 1.54) is 0 Å². The van der Waals surface area contributed by atoms with Crippen LogP contribution in [-0.2, 0) is 16.5 Å². The summed E-state index contributed by atoms with van der Waals surface area (Å²) in [6.07, 6.45) is 2.05. The molecule has 170 valence electrons. The molecule has 33 heavy (non-hydrogen) atoms. The molecule has 6 nitrogen and oxygen atoms in total. The molecule has 3 aromatic carbocycles. The summed E-state index contributed by atoms with van der Waals surface area (Å²) in [7, 11) is -3.99. The third kappa shape index (κ3) is 5.05. The van der Waals surface area contributed by atoms with Gasteiger partial charge in [-0.1, -0.05) is 42.8 Å². The van der Waals surface area contributed by atoms with Crippen LogP contribution in [0, 0.1) is 6.92 Å². The third-order valence-electron chi connectivity index (χ3n) is 5.91. The Morgan fingerprint density at radius 3 is 2.36 bits per heavy atom. The van der Waals surface area contributed by atoms with Gasteiger partial charge in [0.1, 0.15) is 0 Å². The highest BCUT2D eigenvalue weighted by Crippen LogP contribution is 2.25. The largest absolute Gasteiger partial charge is 0.354 e. The van der Waals surface area contributed by atoms with Crippen LogP contribution < -0.4 is 5.43 Å². The first kappa shape index (κ1) is 22.9. The van der Waals surface area contributed by atoms with E-state index in [4.69, 9.17) is 4.55 Å². The number of para-hydroxylation sites is 1. The van der Waals surface area contributed by atoms with E-state index < -0.39 is 10.1 Å². The van der Waals surface area contributed by atoms with Gasteiger partial charge < -0.3 is 4.98 Å². The van der Waals surface area contributed by atoms with E-state index >= 15 is 0 Å². The van der Waals surface area contributed by atoms with Gasteiger partial charge in [-0.05, 0) is 61.6 Å². The van der Waals surface area contributed by atoms with Gasteiger partial charge in [0.25, 0.3) is 10.1 Å². The molecule has 0 amide bonds. The Hall–Kier alpha value is -3.29. The summed E-state index contributed by atoms with van der Waals surface area (Å²) in [5.41, 5.74) is 3.97. The Kier molecular flexibility index (Phi) is 6.44. The number of nitrogens with one attached hydrogen (secondary N) is 1. The lowest BCUT2D eigenvalue weighted by atomic mass is 9.91. The maximum atomic E-state index is 13.5. The minimum Gasteiger partial charge on any atom is -0.354 e. The average Bonchev–Trinajstić information content (AvgIpc) is 2.78. The summed E-state index contributed by atoms with van der Waals surface area (Å²) in [4.78, 5) is 29.9. The van der Waals surface area contributed by atoms with E-state index in [0.29, 0.717) is 58.6 Å². The molecule has 0 saturated carbocycles. The summed E-state index contributed by atoms with van der Waals surface area (Å²) in [5.74, 6) is -0.400. The van der Waals surface area contributed by atoms with Crippen LogP contribution >= 0.6 is 0 Å². The van der Waals surface area contributed by atoms with Gasteiger partial charge in [0, 0.05) is 27.4 Å². The van der Waals surface area contributed by atoms with Crippen molar-refractivity contribution in [2.45, 2.75) is 32.6 Å². The van der Waals surface area contributed by atoms with Gasteiger partial charge in [-0.3, -0.25) is 14.1 Å². The molecule has 0 aliphatic rings. The van der Waals surface area contributed by atoms with E-state index in [9.17, 15) is 18.0 Å². The number of pyridine rings is 1. The Morgan fingerprint density at radius 1 is 0.879 bits per heavy atom. The lowest BCUT2D eigenvalue weighted by Gasteiger charge is -2.13. The van der Waals surface area contributed by atoms with Gasteiger partial charge in [-0.2, -0.15) is 8.42 Å². The number of ketones is 1. The van der Waals surface area contributed by atoms with Gasteiger partial charge in [0.05, 0.1) is 11.3 Å². The molecule has 7 heteroatoms. The zero-order chi connectivity index (χ0) is 23.6. The van der Waals surface area contributed by atoms with E-state index in [-0.39, 0.29) is 17.0 Å². The minimum atomic E-state index is -3.99. The first-order valence-electron chi connectivity index (χ1n) is 10.9. The number of carbonyl (C=O) groups is 1. The fraction of sp³-hybridized carbons (Fsp3) is 0.231. The normalized spacial score (nSPS) is 11.8. The zero-order valence-electron chi connectivity index (χ0n) is 18.3. The molecule has 0 radical (unpaired) electrons. The van der Waals surface area contributed by atoms with E-state index in [2.05, 4.69) is 4.98 Å². The Balaban J connectivity index is 1.78.